The third-order valence-electron chi connectivity index (χ3n) is 8.09. The molecular formula is C28H32F7N3O. The van der Waals surface area contributed by atoms with Crippen molar-refractivity contribution in [2.24, 2.45) is 5.92 Å². The molecule has 0 bridgehead atoms. The minimum Gasteiger partial charge on any atom is -0.350 e. The highest BCUT2D eigenvalue weighted by atomic mass is 19.4. The Morgan fingerprint density at radius 1 is 1.00 bits per heavy atom. The lowest BCUT2D eigenvalue weighted by molar-refractivity contribution is -0.143. The smallest absolute Gasteiger partial charge is 0.350 e. The summed E-state index contributed by atoms with van der Waals surface area (Å²) in [6.07, 6.45) is -7.67. The molecule has 4 nitrogen and oxygen atoms in total. The molecule has 0 radical (unpaired) electrons. The van der Waals surface area contributed by atoms with Crippen molar-refractivity contribution in [2.45, 2.75) is 69.5 Å². The first-order valence-electron chi connectivity index (χ1n) is 13.0. The molecular weight excluding hydrogens is 527 g/mol. The van der Waals surface area contributed by atoms with Crippen molar-refractivity contribution in [1.82, 2.24) is 15.5 Å². The van der Waals surface area contributed by atoms with Crippen molar-refractivity contribution in [3.8, 4) is 0 Å². The van der Waals surface area contributed by atoms with Crippen LogP contribution in [0.5, 0.6) is 0 Å². The summed E-state index contributed by atoms with van der Waals surface area (Å²) in [7, 11) is 0. The molecule has 2 fully saturated rings. The Balaban J connectivity index is 1.41. The van der Waals surface area contributed by atoms with Gasteiger partial charge in [0.15, 0.2) is 0 Å². The van der Waals surface area contributed by atoms with Gasteiger partial charge < -0.3 is 10.6 Å². The number of alkyl halides is 6. The van der Waals surface area contributed by atoms with E-state index >= 15 is 0 Å². The van der Waals surface area contributed by atoms with Crippen LogP contribution in [0.4, 0.5) is 30.7 Å². The molecule has 4 rings (SSSR count). The fourth-order valence-corrected chi connectivity index (χ4v) is 5.74. The van der Waals surface area contributed by atoms with Crippen LogP contribution in [0.3, 0.4) is 0 Å². The third kappa shape index (κ3) is 6.57. The second kappa shape index (κ2) is 11.1. The number of halogens is 7. The number of carbonyl (C=O) groups is 1. The van der Waals surface area contributed by atoms with E-state index in [1.165, 1.54) is 12.1 Å². The number of amides is 1. The predicted octanol–water partition coefficient (Wildman–Crippen LogP) is 6.12. The van der Waals surface area contributed by atoms with Crippen LogP contribution in [0, 0.1) is 11.7 Å². The van der Waals surface area contributed by atoms with Gasteiger partial charge in [-0.25, -0.2) is 4.39 Å². The van der Waals surface area contributed by atoms with Gasteiger partial charge in [0.25, 0.3) is 0 Å². The summed E-state index contributed by atoms with van der Waals surface area (Å²) in [5, 5.41) is 5.91. The van der Waals surface area contributed by atoms with Crippen molar-refractivity contribution >= 4 is 5.91 Å². The topological polar surface area (TPSA) is 44.4 Å². The standard InChI is InChI=1S/C28H32F7N3O/c1-17(2)26(25(39)36-15-18-11-21(27(30,31)32)13-22(12-18)28(33,34)35)14-24(16-37-26)38-9-7-20(8-10-38)19-3-5-23(29)6-4-19/h3-6,11-13,17,20,24,37H,7-10,14-16H2,1-2H3,(H,36,39). The molecule has 1 amide bonds. The molecule has 214 valence electrons. The normalized spacial score (nSPS) is 23.4. The average Bonchev–Trinajstić information content (AvgIpc) is 3.34. The van der Waals surface area contributed by atoms with E-state index in [1.807, 2.05) is 26.0 Å². The fourth-order valence-electron chi connectivity index (χ4n) is 5.74. The molecule has 11 heteroatoms. The van der Waals surface area contributed by atoms with Gasteiger partial charge in [-0.05, 0) is 85.6 Å². The van der Waals surface area contributed by atoms with Gasteiger partial charge >= 0.3 is 12.4 Å². The Labute approximate surface area is 222 Å². The monoisotopic (exact) mass is 559 g/mol. The zero-order valence-corrected chi connectivity index (χ0v) is 21.7. The van der Waals surface area contributed by atoms with Crippen LogP contribution in [-0.4, -0.2) is 42.0 Å². The molecule has 2 aromatic carbocycles. The van der Waals surface area contributed by atoms with E-state index < -0.39 is 41.5 Å². The summed E-state index contributed by atoms with van der Waals surface area (Å²) >= 11 is 0. The van der Waals surface area contributed by atoms with E-state index in [0.29, 0.717) is 31.0 Å². The zero-order valence-electron chi connectivity index (χ0n) is 21.7. The van der Waals surface area contributed by atoms with Crippen molar-refractivity contribution in [3.63, 3.8) is 0 Å². The molecule has 0 saturated carbocycles. The Hall–Kier alpha value is -2.66. The first-order chi connectivity index (χ1) is 18.2. The van der Waals surface area contributed by atoms with Crippen LogP contribution >= 0.6 is 0 Å². The first-order valence-corrected chi connectivity index (χ1v) is 13.0. The molecule has 2 heterocycles. The predicted molar refractivity (Wildman–Crippen MR) is 132 cm³/mol. The van der Waals surface area contributed by atoms with E-state index in [1.54, 1.807) is 0 Å². The maximum absolute atomic E-state index is 13.4. The van der Waals surface area contributed by atoms with E-state index in [9.17, 15) is 35.5 Å². The third-order valence-corrected chi connectivity index (χ3v) is 8.09. The molecule has 0 aromatic heterocycles. The Bertz CT molecular complexity index is 1120. The van der Waals surface area contributed by atoms with Crippen LogP contribution in [0.1, 0.15) is 61.3 Å². The number of nitrogens with one attached hydrogen (secondary N) is 2. The lowest BCUT2D eigenvalue weighted by atomic mass is 9.82. The van der Waals surface area contributed by atoms with Gasteiger partial charge in [-0.1, -0.05) is 26.0 Å². The first kappa shape index (κ1) is 29.3. The van der Waals surface area contributed by atoms with Crippen molar-refractivity contribution in [1.29, 1.82) is 0 Å². The van der Waals surface area contributed by atoms with Crippen LogP contribution in [-0.2, 0) is 23.7 Å². The molecule has 2 atom stereocenters. The maximum Gasteiger partial charge on any atom is 0.416 e. The second-order valence-corrected chi connectivity index (χ2v) is 10.8. The van der Waals surface area contributed by atoms with E-state index in [2.05, 4.69) is 15.5 Å². The Kier molecular flexibility index (Phi) is 8.33. The zero-order chi connectivity index (χ0) is 28.6. The SMILES string of the molecule is CC(C)C1(C(=O)NCc2cc(C(F)(F)F)cc(C(F)(F)F)c2)CC(N2CCC(c3ccc(F)cc3)CC2)CN1. The van der Waals surface area contributed by atoms with Crippen LogP contribution in [0.15, 0.2) is 42.5 Å². The van der Waals surface area contributed by atoms with Crippen LogP contribution in [0.2, 0.25) is 0 Å². The van der Waals surface area contributed by atoms with Crippen LogP contribution in [0.25, 0.3) is 0 Å². The second-order valence-electron chi connectivity index (χ2n) is 10.8. The van der Waals surface area contributed by atoms with Gasteiger partial charge in [-0.15, -0.1) is 0 Å². The minimum absolute atomic E-state index is 0.0534. The summed E-state index contributed by atoms with van der Waals surface area (Å²) in [6.45, 7) is 5.40. The summed E-state index contributed by atoms with van der Waals surface area (Å²) in [4.78, 5) is 15.7. The molecule has 2 saturated heterocycles. The van der Waals surface area contributed by atoms with Crippen molar-refractivity contribution < 1.29 is 35.5 Å². The van der Waals surface area contributed by atoms with Gasteiger partial charge in [0.2, 0.25) is 5.91 Å². The summed E-state index contributed by atoms with van der Waals surface area (Å²) in [6, 6.07) is 7.93. The van der Waals surface area contributed by atoms with Gasteiger partial charge in [-0.2, -0.15) is 26.3 Å². The number of hydrogen-bond acceptors (Lipinski definition) is 3. The molecule has 39 heavy (non-hydrogen) atoms. The van der Waals surface area contributed by atoms with Gasteiger partial charge in [-0.3, -0.25) is 9.69 Å². The highest BCUT2D eigenvalue weighted by molar-refractivity contribution is 5.87. The number of hydrogen-bond donors (Lipinski definition) is 2. The number of likely N-dealkylation sites (tertiary alicyclic amines) is 1. The minimum atomic E-state index is -4.95. The number of carbonyl (C=O) groups excluding carboxylic acids is 1. The van der Waals surface area contributed by atoms with E-state index in [-0.39, 0.29) is 29.4 Å². The quantitative estimate of drug-likeness (QED) is 0.420. The molecule has 0 aliphatic carbocycles. The number of piperidine rings is 1. The highest BCUT2D eigenvalue weighted by Gasteiger charge is 2.49. The molecule has 2 aliphatic rings. The van der Waals surface area contributed by atoms with Gasteiger partial charge in [0.05, 0.1) is 11.1 Å². The van der Waals surface area contributed by atoms with Crippen molar-refractivity contribution in [3.05, 3.63) is 70.5 Å². The number of rotatable bonds is 6. The van der Waals surface area contributed by atoms with E-state index in [0.717, 1.165) is 31.5 Å². The molecule has 2 N–H and O–H groups in total. The van der Waals surface area contributed by atoms with E-state index in [4.69, 9.17) is 0 Å². The Morgan fingerprint density at radius 2 is 1.56 bits per heavy atom. The van der Waals surface area contributed by atoms with Crippen molar-refractivity contribution in [2.75, 3.05) is 19.6 Å². The molecule has 2 unspecified atom stereocenters. The average molecular weight is 560 g/mol. The van der Waals surface area contributed by atoms with Gasteiger partial charge in [0.1, 0.15) is 11.4 Å². The largest absolute Gasteiger partial charge is 0.416 e. The number of benzene rings is 2. The molecule has 2 aromatic rings. The summed E-state index contributed by atoms with van der Waals surface area (Å²) < 4.78 is 92.6. The summed E-state index contributed by atoms with van der Waals surface area (Å²) in [5.41, 5.74) is -3.01. The number of nitrogens with zero attached hydrogens (tertiary/aromatic N) is 1. The molecule has 2 aliphatic heterocycles. The lowest BCUT2D eigenvalue weighted by Gasteiger charge is -2.37. The van der Waals surface area contributed by atoms with Gasteiger partial charge in [0, 0.05) is 19.1 Å². The lowest BCUT2D eigenvalue weighted by Crippen LogP contribution is -2.57. The fraction of sp³-hybridized carbons (Fsp3) is 0.536. The summed E-state index contributed by atoms with van der Waals surface area (Å²) in [5.74, 6) is -0.576. The maximum atomic E-state index is 13.4. The highest BCUT2D eigenvalue weighted by Crippen LogP contribution is 2.37. The Morgan fingerprint density at radius 3 is 2.08 bits per heavy atom. The molecule has 0 spiro atoms. The van der Waals surface area contributed by atoms with Crippen LogP contribution < -0.4 is 10.6 Å².